The van der Waals surface area contributed by atoms with E-state index in [2.05, 4.69) is 4.98 Å². The first-order chi connectivity index (χ1) is 8.80. The molecule has 5 nitrogen and oxygen atoms in total. The van der Waals surface area contributed by atoms with E-state index < -0.39 is 11.5 Å². The molecule has 19 heavy (non-hydrogen) atoms. The maximum Gasteiger partial charge on any atom is 0.323 e. The van der Waals surface area contributed by atoms with Gasteiger partial charge < -0.3 is 9.51 Å². The van der Waals surface area contributed by atoms with Crippen molar-refractivity contribution in [2.45, 2.75) is 25.9 Å². The molecule has 2 heterocycles. The highest BCUT2D eigenvalue weighted by molar-refractivity contribution is 6.30. The van der Waals surface area contributed by atoms with Crippen molar-refractivity contribution in [3.8, 4) is 0 Å². The first kappa shape index (κ1) is 13.8. The number of aliphatic carboxylic acids is 1. The summed E-state index contributed by atoms with van der Waals surface area (Å²) in [5.41, 5.74) is 0.660. The van der Waals surface area contributed by atoms with E-state index in [9.17, 15) is 9.90 Å². The maximum absolute atomic E-state index is 11.2. The molecule has 0 atom stereocenters. The second-order valence-electron chi connectivity index (χ2n) is 5.07. The number of nitrogens with zero attached hydrogens (tertiary/aromatic N) is 3. The van der Waals surface area contributed by atoms with E-state index in [1.54, 1.807) is 38.1 Å². The monoisotopic (exact) mass is 281 g/mol. The lowest BCUT2D eigenvalue weighted by molar-refractivity contribution is -0.148. The molecule has 6 heteroatoms. The van der Waals surface area contributed by atoms with Gasteiger partial charge in [-0.05, 0) is 33.0 Å². The lowest BCUT2D eigenvalue weighted by atomic mass is 10.0. The Morgan fingerprint density at radius 3 is 2.79 bits per heavy atom. The summed E-state index contributed by atoms with van der Waals surface area (Å²) in [6.45, 7) is 3.79. The normalized spacial score (nSPS) is 12.3. The SMILES string of the molecule is CN(Cc1cn2cc(Cl)ccc2n1)C(C)(C)C(=O)O. The Morgan fingerprint density at radius 1 is 1.47 bits per heavy atom. The second kappa shape index (κ2) is 4.83. The number of hydrogen-bond donors (Lipinski definition) is 1. The minimum atomic E-state index is -0.937. The van der Waals surface area contributed by atoms with Crippen molar-refractivity contribution in [1.29, 1.82) is 0 Å². The zero-order valence-corrected chi connectivity index (χ0v) is 11.8. The van der Waals surface area contributed by atoms with Crippen molar-refractivity contribution >= 4 is 23.2 Å². The summed E-state index contributed by atoms with van der Waals surface area (Å²) in [4.78, 5) is 17.4. The largest absolute Gasteiger partial charge is 0.480 e. The summed E-state index contributed by atoms with van der Waals surface area (Å²) in [6, 6.07) is 3.60. The van der Waals surface area contributed by atoms with Crippen LogP contribution >= 0.6 is 11.6 Å². The molecule has 0 aliphatic rings. The Kier molecular flexibility index (Phi) is 3.52. The molecule has 1 N–H and O–H groups in total. The van der Waals surface area contributed by atoms with Crippen LogP contribution in [0.5, 0.6) is 0 Å². The van der Waals surface area contributed by atoms with E-state index in [0.29, 0.717) is 11.6 Å². The summed E-state index contributed by atoms with van der Waals surface area (Å²) in [7, 11) is 1.77. The highest BCUT2D eigenvalue weighted by Crippen LogP contribution is 2.17. The molecule has 0 aromatic carbocycles. The summed E-state index contributed by atoms with van der Waals surface area (Å²) in [5, 5.41) is 9.82. The third kappa shape index (κ3) is 2.72. The first-order valence-electron chi connectivity index (χ1n) is 5.88. The van der Waals surface area contributed by atoms with Gasteiger partial charge in [0.1, 0.15) is 11.2 Å². The average molecular weight is 282 g/mol. The lowest BCUT2D eigenvalue weighted by Gasteiger charge is -2.30. The van der Waals surface area contributed by atoms with E-state index in [0.717, 1.165) is 11.3 Å². The van der Waals surface area contributed by atoms with E-state index in [1.165, 1.54) is 0 Å². The summed E-state index contributed by atoms with van der Waals surface area (Å²) >= 11 is 5.91. The molecule has 0 saturated heterocycles. The number of rotatable bonds is 4. The third-order valence-corrected chi connectivity index (χ3v) is 3.57. The fourth-order valence-electron chi connectivity index (χ4n) is 1.70. The fraction of sp³-hybridized carbons (Fsp3) is 0.385. The summed E-state index contributed by atoms with van der Waals surface area (Å²) in [6.07, 6.45) is 3.63. The molecular formula is C13H16ClN3O2. The van der Waals surface area contributed by atoms with Gasteiger partial charge in [0.25, 0.3) is 0 Å². The number of hydrogen-bond acceptors (Lipinski definition) is 3. The minimum Gasteiger partial charge on any atom is -0.480 e. The van der Waals surface area contributed by atoms with Crippen molar-refractivity contribution < 1.29 is 9.90 Å². The fourth-order valence-corrected chi connectivity index (χ4v) is 1.87. The van der Waals surface area contributed by atoms with Crippen LogP contribution in [0.15, 0.2) is 24.5 Å². The number of pyridine rings is 1. The van der Waals surface area contributed by atoms with Gasteiger partial charge in [-0.15, -0.1) is 0 Å². The molecule has 2 aromatic heterocycles. The molecule has 102 valence electrons. The number of imidazole rings is 1. The van der Waals surface area contributed by atoms with Crippen molar-refractivity contribution in [1.82, 2.24) is 14.3 Å². The molecule has 0 aliphatic carbocycles. The van der Waals surface area contributed by atoms with E-state index in [1.807, 2.05) is 16.7 Å². The van der Waals surface area contributed by atoms with Gasteiger partial charge in [-0.25, -0.2) is 4.98 Å². The predicted molar refractivity (Wildman–Crippen MR) is 73.4 cm³/mol. The van der Waals surface area contributed by atoms with Gasteiger partial charge in [-0.1, -0.05) is 11.6 Å². The maximum atomic E-state index is 11.2. The minimum absolute atomic E-state index is 0.457. The summed E-state index contributed by atoms with van der Waals surface area (Å²) < 4.78 is 1.83. The molecule has 0 radical (unpaired) electrons. The molecule has 0 aliphatic heterocycles. The Hall–Kier alpha value is -1.59. The van der Waals surface area contributed by atoms with E-state index in [4.69, 9.17) is 11.6 Å². The topological polar surface area (TPSA) is 57.8 Å². The van der Waals surface area contributed by atoms with Crippen molar-refractivity contribution in [2.75, 3.05) is 7.05 Å². The number of halogens is 1. The number of carbonyl (C=O) groups is 1. The van der Waals surface area contributed by atoms with Gasteiger partial charge in [0.2, 0.25) is 0 Å². The molecule has 2 rings (SSSR count). The van der Waals surface area contributed by atoms with Crippen LogP contribution in [0.1, 0.15) is 19.5 Å². The van der Waals surface area contributed by atoms with Gasteiger partial charge >= 0.3 is 5.97 Å². The van der Waals surface area contributed by atoms with Crippen LogP contribution in [0.25, 0.3) is 5.65 Å². The van der Waals surface area contributed by atoms with Crippen LogP contribution in [0.2, 0.25) is 5.02 Å². The molecule has 0 bridgehead atoms. The Labute approximate surface area is 116 Å². The van der Waals surface area contributed by atoms with Crippen LogP contribution in [0.4, 0.5) is 0 Å². The number of likely N-dealkylation sites (N-methyl/N-ethyl adjacent to an activating group) is 1. The van der Waals surface area contributed by atoms with Gasteiger partial charge in [-0.3, -0.25) is 9.69 Å². The zero-order chi connectivity index (χ0) is 14.2. The predicted octanol–water partition coefficient (Wildman–Crippen LogP) is 2.28. The average Bonchev–Trinajstić information content (AvgIpc) is 2.69. The number of fused-ring (bicyclic) bond motifs is 1. The Balaban J connectivity index is 2.24. The second-order valence-corrected chi connectivity index (χ2v) is 5.50. The first-order valence-corrected chi connectivity index (χ1v) is 6.26. The molecular weight excluding hydrogens is 266 g/mol. The van der Waals surface area contributed by atoms with Gasteiger partial charge in [0.15, 0.2) is 0 Å². The van der Waals surface area contributed by atoms with Crippen LogP contribution in [-0.2, 0) is 11.3 Å². The van der Waals surface area contributed by atoms with Crippen LogP contribution in [-0.4, -0.2) is 37.9 Å². The van der Waals surface area contributed by atoms with E-state index in [-0.39, 0.29) is 0 Å². The smallest absolute Gasteiger partial charge is 0.323 e. The van der Waals surface area contributed by atoms with Crippen LogP contribution < -0.4 is 0 Å². The van der Waals surface area contributed by atoms with E-state index >= 15 is 0 Å². The quantitative estimate of drug-likeness (QED) is 0.934. The molecule has 0 unspecified atom stereocenters. The highest BCUT2D eigenvalue weighted by Gasteiger charge is 2.32. The molecule has 0 saturated carbocycles. The molecule has 2 aromatic rings. The zero-order valence-electron chi connectivity index (χ0n) is 11.1. The molecule has 0 spiro atoms. The third-order valence-electron chi connectivity index (χ3n) is 3.34. The van der Waals surface area contributed by atoms with Crippen molar-refractivity contribution in [2.24, 2.45) is 0 Å². The van der Waals surface area contributed by atoms with Crippen LogP contribution in [0, 0.1) is 0 Å². The number of carboxylic acids is 1. The Bertz CT molecular complexity index is 621. The lowest BCUT2D eigenvalue weighted by Crippen LogP contribution is -2.47. The van der Waals surface area contributed by atoms with Gasteiger partial charge in [0, 0.05) is 18.9 Å². The molecule has 0 fully saturated rings. The molecule has 0 amide bonds. The van der Waals surface area contributed by atoms with Gasteiger partial charge in [-0.2, -0.15) is 0 Å². The van der Waals surface area contributed by atoms with Crippen LogP contribution in [0.3, 0.4) is 0 Å². The number of carboxylic acid groups (broad SMARTS) is 1. The Morgan fingerprint density at radius 2 is 2.16 bits per heavy atom. The summed E-state index contributed by atoms with van der Waals surface area (Å²) in [5.74, 6) is -0.859. The highest BCUT2D eigenvalue weighted by atomic mass is 35.5. The standard InChI is InChI=1S/C13H16ClN3O2/c1-13(2,12(18)19)16(3)7-10-8-17-6-9(14)4-5-11(17)15-10/h4-6,8H,7H2,1-3H3,(H,18,19). The number of aromatic nitrogens is 2. The van der Waals surface area contributed by atoms with Crippen molar-refractivity contribution in [3.63, 3.8) is 0 Å². The van der Waals surface area contributed by atoms with Crippen molar-refractivity contribution in [3.05, 3.63) is 35.2 Å². The van der Waals surface area contributed by atoms with Gasteiger partial charge in [0.05, 0.1) is 10.7 Å².